The lowest BCUT2D eigenvalue weighted by molar-refractivity contribution is -0.160. The minimum atomic E-state index is -1.61. The minimum absolute atomic E-state index is 0.345. The van der Waals surface area contributed by atoms with Crippen molar-refractivity contribution in [3.63, 3.8) is 0 Å². The Labute approximate surface area is 52.2 Å². The Morgan fingerprint density at radius 3 is 1.67 bits per heavy atom. The molecule has 2 atom stereocenters. The molecule has 4 nitrogen and oxygen atoms in total. The Hall–Kier alpha value is -0.480. The van der Waals surface area contributed by atoms with E-state index in [1.807, 2.05) is 0 Å². The number of nitrogens with zero attached hydrogens (tertiary/aromatic N) is 2. The van der Waals surface area contributed by atoms with Gasteiger partial charge < -0.3 is 10.2 Å². The predicted octanol–water partition coefficient (Wildman–Crippen LogP) is -0.336. The SMILES string of the molecule is OC1(O)C2CCC1N=N2. The largest absolute Gasteiger partial charge is 0.362 e. The average Bonchev–Trinajstić information content (AvgIpc) is 2.24. The fourth-order valence-corrected chi connectivity index (χ4v) is 1.41. The first-order valence-electron chi connectivity index (χ1n) is 3.06. The molecule has 0 aromatic heterocycles. The van der Waals surface area contributed by atoms with Crippen LogP contribution in [0.15, 0.2) is 10.2 Å². The van der Waals surface area contributed by atoms with Crippen molar-refractivity contribution >= 4 is 0 Å². The normalized spacial score (nSPS) is 44.2. The zero-order valence-electron chi connectivity index (χ0n) is 4.86. The van der Waals surface area contributed by atoms with Crippen LogP contribution < -0.4 is 0 Å². The maximum atomic E-state index is 9.16. The summed E-state index contributed by atoms with van der Waals surface area (Å²) in [6, 6.07) is -0.690. The van der Waals surface area contributed by atoms with Gasteiger partial charge in [0.2, 0.25) is 5.79 Å². The number of fused-ring (bicyclic) bond motifs is 2. The van der Waals surface area contributed by atoms with Gasteiger partial charge in [0.25, 0.3) is 0 Å². The molecule has 0 radical (unpaired) electrons. The van der Waals surface area contributed by atoms with Crippen LogP contribution in [0, 0.1) is 0 Å². The molecule has 9 heavy (non-hydrogen) atoms. The summed E-state index contributed by atoms with van der Waals surface area (Å²) in [6.07, 6.45) is 1.53. The Morgan fingerprint density at radius 1 is 1.11 bits per heavy atom. The van der Waals surface area contributed by atoms with E-state index in [1.165, 1.54) is 0 Å². The van der Waals surface area contributed by atoms with Crippen molar-refractivity contribution in [1.82, 2.24) is 0 Å². The highest BCUT2D eigenvalue weighted by Gasteiger charge is 2.52. The van der Waals surface area contributed by atoms with E-state index < -0.39 is 5.79 Å². The minimum Gasteiger partial charge on any atom is -0.362 e. The van der Waals surface area contributed by atoms with E-state index in [9.17, 15) is 0 Å². The lowest BCUT2D eigenvalue weighted by Crippen LogP contribution is -2.40. The summed E-state index contributed by atoms with van der Waals surface area (Å²) in [4.78, 5) is 0. The molecule has 0 saturated heterocycles. The highest BCUT2D eigenvalue weighted by Crippen LogP contribution is 2.38. The summed E-state index contributed by atoms with van der Waals surface area (Å²) in [5, 5.41) is 25.7. The Bertz CT molecular complexity index is 150. The van der Waals surface area contributed by atoms with E-state index in [-0.39, 0.29) is 12.1 Å². The van der Waals surface area contributed by atoms with Crippen LogP contribution in [0.4, 0.5) is 0 Å². The molecule has 1 saturated carbocycles. The molecule has 2 N–H and O–H groups in total. The predicted molar refractivity (Wildman–Crippen MR) is 28.8 cm³/mol. The summed E-state index contributed by atoms with van der Waals surface area (Å²) in [7, 11) is 0. The third-order valence-electron chi connectivity index (χ3n) is 2.04. The number of aliphatic hydroxyl groups is 2. The molecule has 0 amide bonds. The summed E-state index contributed by atoms with van der Waals surface area (Å²) in [6.45, 7) is 0. The monoisotopic (exact) mass is 128 g/mol. The van der Waals surface area contributed by atoms with Crippen molar-refractivity contribution < 1.29 is 10.2 Å². The van der Waals surface area contributed by atoms with Crippen LogP contribution >= 0.6 is 0 Å². The third kappa shape index (κ3) is 0.495. The van der Waals surface area contributed by atoms with E-state index >= 15 is 0 Å². The molecule has 1 aliphatic heterocycles. The van der Waals surface area contributed by atoms with Crippen LogP contribution in [0.2, 0.25) is 0 Å². The Morgan fingerprint density at radius 2 is 1.56 bits per heavy atom. The number of rotatable bonds is 0. The lowest BCUT2D eigenvalue weighted by atomic mass is 10.1. The molecule has 0 spiro atoms. The molecule has 1 aliphatic carbocycles. The van der Waals surface area contributed by atoms with Crippen molar-refractivity contribution in [1.29, 1.82) is 0 Å². The molecule has 1 heterocycles. The van der Waals surface area contributed by atoms with Gasteiger partial charge in [-0.1, -0.05) is 0 Å². The molecule has 1 fully saturated rings. The molecule has 2 bridgehead atoms. The van der Waals surface area contributed by atoms with E-state index in [2.05, 4.69) is 10.2 Å². The highest BCUT2D eigenvalue weighted by atomic mass is 16.5. The van der Waals surface area contributed by atoms with Gasteiger partial charge in [0.1, 0.15) is 12.1 Å². The molecule has 2 unspecified atom stereocenters. The van der Waals surface area contributed by atoms with Gasteiger partial charge >= 0.3 is 0 Å². The molecular weight excluding hydrogens is 120 g/mol. The lowest BCUT2D eigenvalue weighted by Gasteiger charge is -2.16. The quantitative estimate of drug-likeness (QED) is 0.438. The van der Waals surface area contributed by atoms with Crippen LogP contribution in [0.1, 0.15) is 12.8 Å². The van der Waals surface area contributed by atoms with E-state index in [4.69, 9.17) is 10.2 Å². The van der Waals surface area contributed by atoms with Crippen LogP contribution in [0.3, 0.4) is 0 Å². The standard InChI is InChI=1S/C5H8N2O2/c8-5(9)3-1-2-4(5)7-6-3/h3-4,8-9H,1-2H2. The average molecular weight is 128 g/mol. The fourth-order valence-electron chi connectivity index (χ4n) is 1.41. The second kappa shape index (κ2) is 1.33. The second-order valence-electron chi connectivity index (χ2n) is 2.62. The van der Waals surface area contributed by atoms with Crippen LogP contribution in [-0.2, 0) is 0 Å². The van der Waals surface area contributed by atoms with Crippen LogP contribution in [-0.4, -0.2) is 28.1 Å². The Kier molecular flexibility index (Phi) is 0.784. The second-order valence-corrected chi connectivity index (χ2v) is 2.62. The van der Waals surface area contributed by atoms with Gasteiger partial charge in [-0.2, -0.15) is 10.2 Å². The summed E-state index contributed by atoms with van der Waals surface area (Å²) in [5.74, 6) is -1.61. The van der Waals surface area contributed by atoms with Crippen LogP contribution in [0.25, 0.3) is 0 Å². The highest BCUT2D eigenvalue weighted by molar-refractivity contribution is 5.03. The fraction of sp³-hybridized carbons (Fsp3) is 1.00. The first kappa shape index (κ1) is 5.32. The summed E-state index contributed by atoms with van der Waals surface area (Å²) >= 11 is 0. The Balaban J connectivity index is 2.35. The van der Waals surface area contributed by atoms with Crippen molar-refractivity contribution in [2.45, 2.75) is 30.7 Å². The zero-order chi connectivity index (χ0) is 6.48. The molecular formula is C5H8N2O2. The topological polar surface area (TPSA) is 65.2 Å². The van der Waals surface area contributed by atoms with Gasteiger partial charge in [0, 0.05) is 0 Å². The third-order valence-corrected chi connectivity index (χ3v) is 2.04. The van der Waals surface area contributed by atoms with Gasteiger partial charge in [-0.25, -0.2) is 0 Å². The molecule has 0 aromatic rings. The molecule has 0 aromatic carbocycles. The van der Waals surface area contributed by atoms with Gasteiger partial charge in [-0.3, -0.25) is 0 Å². The van der Waals surface area contributed by atoms with Gasteiger partial charge in [-0.15, -0.1) is 0 Å². The molecule has 50 valence electrons. The summed E-state index contributed by atoms with van der Waals surface area (Å²) < 4.78 is 0. The maximum Gasteiger partial charge on any atom is 0.212 e. The number of azo groups is 1. The number of hydrogen-bond acceptors (Lipinski definition) is 4. The molecule has 4 heteroatoms. The van der Waals surface area contributed by atoms with Gasteiger partial charge in [0.15, 0.2) is 0 Å². The van der Waals surface area contributed by atoms with Crippen LogP contribution in [0.5, 0.6) is 0 Å². The first-order chi connectivity index (χ1) is 4.21. The van der Waals surface area contributed by atoms with Crippen molar-refractivity contribution in [3.8, 4) is 0 Å². The van der Waals surface area contributed by atoms with Gasteiger partial charge in [-0.05, 0) is 12.8 Å². The molecule has 2 aliphatic rings. The summed E-state index contributed by atoms with van der Waals surface area (Å²) in [5.41, 5.74) is 0. The smallest absolute Gasteiger partial charge is 0.212 e. The first-order valence-corrected chi connectivity index (χ1v) is 3.06. The zero-order valence-corrected chi connectivity index (χ0v) is 4.86. The van der Waals surface area contributed by atoms with E-state index in [0.717, 1.165) is 12.8 Å². The maximum absolute atomic E-state index is 9.16. The van der Waals surface area contributed by atoms with Crippen molar-refractivity contribution in [3.05, 3.63) is 0 Å². The van der Waals surface area contributed by atoms with E-state index in [1.54, 1.807) is 0 Å². The number of hydrogen-bond donors (Lipinski definition) is 2. The molecule has 2 rings (SSSR count). The van der Waals surface area contributed by atoms with Crippen molar-refractivity contribution in [2.24, 2.45) is 10.2 Å². The van der Waals surface area contributed by atoms with Gasteiger partial charge in [0.05, 0.1) is 0 Å². The van der Waals surface area contributed by atoms with E-state index in [0.29, 0.717) is 0 Å². The van der Waals surface area contributed by atoms with Crippen molar-refractivity contribution in [2.75, 3.05) is 0 Å².